The molecule has 92 valence electrons. The number of carboxylic acids is 1. The van der Waals surface area contributed by atoms with Crippen molar-refractivity contribution in [1.29, 1.82) is 0 Å². The van der Waals surface area contributed by atoms with Crippen LogP contribution < -0.4 is 5.32 Å². The van der Waals surface area contributed by atoms with E-state index in [4.69, 9.17) is 5.11 Å². The standard InChI is InChI=1S/C13H23NO2/c1-9(7-10-5-6-10)14-12-4-2-3-11(8-12)13(15)16/h9-12,14H,2-8H2,1H3,(H,15,16). The number of hydrogen-bond donors (Lipinski definition) is 2. The fraction of sp³-hybridized carbons (Fsp3) is 0.923. The molecule has 2 aliphatic rings. The van der Waals surface area contributed by atoms with Gasteiger partial charge in [-0.25, -0.2) is 0 Å². The van der Waals surface area contributed by atoms with Gasteiger partial charge in [-0.3, -0.25) is 4.79 Å². The summed E-state index contributed by atoms with van der Waals surface area (Å²) in [5.41, 5.74) is 0. The Morgan fingerprint density at radius 1 is 1.38 bits per heavy atom. The molecule has 2 saturated carbocycles. The van der Waals surface area contributed by atoms with E-state index in [0.29, 0.717) is 12.1 Å². The largest absolute Gasteiger partial charge is 0.481 e. The highest BCUT2D eigenvalue weighted by atomic mass is 16.4. The van der Waals surface area contributed by atoms with Gasteiger partial charge in [0.1, 0.15) is 0 Å². The number of rotatable bonds is 5. The van der Waals surface area contributed by atoms with E-state index in [1.54, 1.807) is 0 Å². The first kappa shape index (κ1) is 11.9. The molecule has 3 unspecified atom stereocenters. The number of aliphatic carboxylic acids is 1. The first-order chi connectivity index (χ1) is 7.65. The maximum absolute atomic E-state index is 10.9. The Bertz CT molecular complexity index is 250. The fourth-order valence-electron chi connectivity index (χ4n) is 2.89. The minimum absolute atomic E-state index is 0.112. The molecule has 0 aliphatic heterocycles. The zero-order valence-corrected chi connectivity index (χ0v) is 10.1. The number of hydrogen-bond acceptors (Lipinski definition) is 2. The molecular formula is C13H23NO2. The molecule has 3 atom stereocenters. The van der Waals surface area contributed by atoms with Gasteiger partial charge in [0.2, 0.25) is 0 Å². The van der Waals surface area contributed by atoms with Crippen LogP contribution in [0.4, 0.5) is 0 Å². The van der Waals surface area contributed by atoms with Crippen LogP contribution in [-0.2, 0) is 4.79 Å². The van der Waals surface area contributed by atoms with Crippen molar-refractivity contribution in [3.05, 3.63) is 0 Å². The summed E-state index contributed by atoms with van der Waals surface area (Å²) >= 11 is 0. The lowest BCUT2D eigenvalue weighted by Gasteiger charge is -2.30. The Morgan fingerprint density at radius 2 is 2.12 bits per heavy atom. The molecule has 0 heterocycles. The average molecular weight is 225 g/mol. The lowest BCUT2D eigenvalue weighted by Crippen LogP contribution is -2.41. The zero-order chi connectivity index (χ0) is 11.5. The van der Waals surface area contributed by atoms with Gasteiger partial charge in [-0.05, 0) is 38.5 Å². The predicted molar refractivity (Wildman–Crippen MR) is 63.3 cm³/mol. The Labute approximate surface area is 97.6 Å². The van der Waals surface area contributed by atoms with Gasteiger partial charge in [-0.15, -0.1) is 0 Å². The SMILES string of the molecule is CC(CC1CC1)NC1CCCC(C(=O)O)C1. The molecule has 3 heteroatoms. The van der Waals surface area contributed by atoms with Gasteiger partial charge in [0.15, 0.2) is 0 Å². The molecule has 0 aromatic rings. The molecule has 2 N–H and O–H groups in total. The average Bonchev–Trinajstić information content (AvgIpc) is 3.01. The number of nitrogens with one attached hydrogen (secondary N) is 1. The van der Waals surface area contributed by atoms with Crippen molar-refractivity contribution in [1.82, 2.24) is 5.32 Å². The van der Waals surface area contributed by atoms with Crippen LogP contribution in [0.15, 0.2) is 0 Å². The summed E-state index contributed by atoms with van der Waals surface area (Å²) in [5, 5.41) is 12.6. The molecule has 3 nitrogen and oxygen atoms in total. The summed E-state index contributed by atoms with van der Waals surface area (Å²) in [4.78, 5) is 10.9. The van der Waals surface area contributed by atoms with Crippen LogP contribution >= 0.6 is 0 Å². The van der Waals surface area contributed by atoms with Crippen LogP contribution in [0, 0.1) is 11.8 Å². The van der Waals surface area contributed by atoms with Crippen LogP contribution in [0.5, 0.6) is 0 Å². The van der Waals surface area contributed by atoms with E-state index in [9.17, 15) is 4.79 Å². The minimum atomic E-state index is -0.610. The van der Waals surface area contributed by atoms with Gasteiger partial charge in [0.05, 0.1) is 5.92 Å². The quantitative estimate of drug-likeness (QED) is 0.755. The third-order valence-corrected chi connectivity index (χ3v) is 3.93. The summed E-state index contributed by atoms with van der Waals surface area (Å²) in [6.45, 7) is 2.24. The van der Waals surface area contributed by atoms with Gasteiger partial charge in [-0.1, -0.05) is 19.3 Å². The molecule has 2 aliphatic carbocycles. The first-order valence-corrected chi connectivity index (χ1v) is 6.64. The molecule has 2 fully saturated rings. The maximum atomic E-state index is 10.9. The second-order valence-corrected chi connectivity index (χ2v) is 5.65. The van der Waals surface area contributed by atoms with Crippen LogP contribution in [0.25, 0.3) is 0 Å². The normalized spacial score (nSPS) is 32.3. The van der Waals surface area contributed by atoms with E-state index >= 15 is 0 Å². The van der Waals surface area contributed by atoms with Gasteiger partial charge >= 0.3 is 5.97 Å². The van der Waals surface area contributed by atoms with Crippen molar-refractivity contribution in [3.63, 3.8) is 0 Å². The van der Waals surface area contributed by atoms with E-state index < -0.39 is 5.97 Å². The monoisotopic (exact) mass is 225 g/mol. The first-order valence-electron chi connectivity index (χ1n) is 6.64. The van der Waals surface area contributed by atoms with Crippen molar-refractivity contribution in [2.75, 3.05) is 0 Å². The smallest absolute Gasteiger partial charge is 0.306 e. The summed E-state index contributed by atoms with van der Waals surface area (Å²) in [6, 6.07) is 0.994. The third kappa shape index (κ3) is 3.48. The van der Waals surface area contributed by atoms with Crippen molar-refractivity contribution < 1.29 is 9.90 Å². The Morgan fingerprint density at radius 3 is 2.75 bits per heavy atom. The highest BCUT2D eigenvalue weighted by Gasteiger charge is 2.29. The van der Waals surface area contributed by atoms with Crippen LogP contribution in [0.3, 0.4) is 0 Å². The molecule has 0 bridgehead atoms. The maximum Gasteiger partial charge on any atom is 0.306 e. The van der Waals surface area contributed by atoms with Gasteiger partial charge in [0.25, 0.3) is 0 Å². The molecule has 16 heavy (non-hydrogen) atoms. The Hall–Kier alpha value is -0.570. The topological polar surface area (TPSA) is 49.3 Å². The van der Waals surface area contributed by atoms with Gasteiger partial charge in [-0.2, -0.15) is 0 Å². The lowest BCUT2D eigenvalue weighted by molar-refractivity contribution is -0.143. The lowest BCUT2D eigenvalue weighted by atomic mass is 9.85. The molecule has 0 aromatic carbocycles. The Balaban J connectivity index is 1.73. The van der Waals surface area contributed by atoms with Gasteiger partial charge < -0.3 is 10.4 Å². The Kier molecular flexibility index (Phi) is 3.85. The highest BCUT2D eigenvalue weighted by Crippen LogP contribution is 2.34. The molecule has 2 rings (SSSR count). The zero-order valence-electron chi connectivity index (χ0n) is 10.1. The van der Waals surface area contributed by atoms with Crippen molar-refractivity contribution in [2.45, 2.75) is 64.0 Å². The van der Waals surface area contributed by atoms with Crippen LogP contribution in [0.2, 0.25) is 0 Å². The van der Waals surface area contributed by atoms with E-state index in [0.717, 1.165) is 31.6 Å². The summed E-state index contributed by atoms with van der Waals surface area (Å²) in [7, 11) is 0. The van der Waals surface area contributed by atoms with Crippen molar-refractivity contribution in [2.24, 2.45) is 11.8 Å². The summed E-state index contributed by atoms with van der Waals surface area (Å²) in [5.74, 6) is 0.224. The molecule has 0 aromatic heterocycles. The van der Waals surface area contributed by atoms with Crippen LogP contribution in [-0.4, -0.2) is 23.2 Å². The van der Waals surface area contributed by atoms with E-state index in [1.165, 1.54) is 19.3 Å². The molecule has 0 radical (unpaired) electrons. The van der Waals surface area contributed by atoms with E-state index in [1.807, 2.05) is 0 Å². The fourth-order valence-corrected chi connectivity index (χ4v) is 2.89. The molecule has 0 spiro atoms. The van der Waals surface area contributed by atoms with E-state index in [-0.39, 0.29) is 5.92 Å². The minimum Gasteiger partial charge on any atom is -0.481 e. The third-order valence-electron chi connectivity index (χ3n) is 3.93. The van der Waals surface area contributed by atoms with Crippen molar-refractivity contribution in [3.8, 4) is 0 Å². The molecule has 0 amide bonds. The predicted octanol–water partition coefficient (Wildman–Crippen LogP) is 2.41. The number of carbonyl (C=O) groups is 1. The molecular weight excluding hydrogens is 202 g/mol. The summed E-state index contributed by atoms with van der Waals surface area (Å²) < 4.78 is 0. The molecule has 0 saturated heterocycles. The van der Waals surface area contributed by atoms with E-state index in [2.05, 4.69) is 12.2 Å². The highest BCUT2D eigenvalue weighted by molar-refractivity contribution is 5.70. The second-order valence-electron chi connectivity index (χ2n) is 5.65. The van der Waals surface area contributed by atoms with Gasteiger partial charge in [0, 0.05) is 12.1 Å². The van der Waals surface area contributed by atoms with Crippen molar-refractivity contribution >= 4 is 5.97 Å². The number of carboxylic acid groups (broad SMARTS) is 1. The van der Waals surface area contributed by atoms with Crippen LogP contribution in [0.1, 0.15) is 51.9 Å². The second kappa shape index (κ2) is 5.17. The summed E-state index contributed by atoms with van der Waals surface area (Å²) in [6.07, 6.45) is 7.97.